The van der Waals surface area contributed by atoms with Crippen LogP contribution in [0.25, 0.3) is 0 Å². The lowest BCUT2D eigenvalue weighted by Gasteiger charge is -2.16. The van der Waals surface area contributed by atoms with Crippen LogP contribution in [0.3, 0.4) is 0 Å². The quantitative estimate of drug-likeness (QED) is 0.766. The van der Waals surface area contributed by atoms with E-state index in [1.165, 1.54) is 0 Å². The predicted octanol–water partition coefficient (Wildman–Crippen LogP) is 1.62. The van der Waals surface area contributed by atoms with Crippen LogP contribution in [-0.2, 0) is 0 Å². The Labute approximate surface area is 77.9 Å². The minimum atomic E-state index is -0.631. The van der Waals surface area contributed by atoms with Crippen LogP contribution in [-0.4, -0.2) is 26.2 Å². The van der Waals surface area contributed by atoms with Gasteiger partial charge in [0.25, 0.3) is 0 Å². The number of hydrogen-bond donors (Lipinski definition) is 2. The zero-order valence-electron chi connectivity index (χ0n) is 5.80. The third kappa shape index (κ3) is 4.66. The molecule has 2 nitrogen and oxygen atoms in total. The molecule has 0 aromatic carbocycles. The minimum Gasteiger partial charge on any atom is -0.390 e. The van der Waals surface area contributed by atoms with E-state index in [4.69, 9.17) is 5.11 Å². The zero-order chi connectivity index (χ0) is 8.15. The SMILES string of the molecule is CCC(O)C(O)CC(Br)Br. The highest BCUT2D eigenvalue weighted by molar-refractivity contribution is 9.24. The maximum absolute atomic E-state index is 9.18. The Morgan fingerprint density at radius 3 is 2.00 bits per heavy atom. The molecule has 0 aliphatic rings. The summed E-state index contributed by atoms with van der Waals surface area (Å²) in [6.07, 6.45) is -0.116. The molecule has 0 saturated heterocycles. The number of hydrogen-bond acceptors (Lipinski definition) is 2. The zero-order valence-corrected chi connectivity index (χ0v) is 8.97. The van der Waals surface area contributed by atoms with Gasteiger partial charge in [0.15, 0.2) is 0 Å². The summed E-state index contributed by atoms with van der Waals surface area (Å²) in [7, 11) is 0. The van der Waals surface area contributed by atoms with Gasteiger partial charge in [0.2, 0.25) is 0 Å². The van der Waals surface area contributed by atoms with E-state index in [2.05, 4.69) is 31.9 Å². The van der Waals surface area contributed by atoms with Gasteiger partial charge in [-0.15, -0.1) is 0 Å². The lowest BCUT2D eigenvalue weighted by Crippen LogP contribution is -2.26. The van der Waals surface area contributed by atoms with Crippen LogP contribution in [0.2, 0.25) is 0 Å². The van der Waals surface area contributed by atoms with Crippen LogP contribution in [0.5, 0.6) is 0 Å². The third-order valence-corrected chi connectivity index (χ3v) is 2.03. The van der Waals surface area contributed by atoms with E-state index in [9.17, 15) is 5.11 Å². The summed E-state index contributed by atoms with van der Waals surface area (Å²) in [6, 6.07) is 0. The monoisotopic (exact) mass is 274 g/mol. The van der Waals surface area contributed by atoms with Gasteiger partial charge >= 0.3 is 0 Å². The van der Waals surface area contributed by atoms with Crippen LogP contribution in [0.15, 0.2) is 0 Å². The molecule has 0 radical (unpaired) electrons. The van der Waals surface area contributed by atoms with Gasteiger partial charge in [-0.05, 0) is 12.8 Å². The summed E-state index contributed by atoms with van der Waals surface area (Å²) in [5.74, 6) is 0. The van der Waals surface area contributed by atoms with Gasteiger partial charge in [-0.25, -0.2) is 0 Å². The van der Waals surface area contributed by atoms with Crippen molar-refractivity contribution < 1.29 is 10.2 Å². The fraction of sp³-hybridized carbons (Fsp3) is 1.00. The molecule has 2 N–H and O–H groups in total. The summed E-state index contributed by atoms with van der Waals surface area (Å²) >= 11 is 6.44. The van der Waals surface area contributed by atoms with E-state index in [0.29, 0.717) is 12.8 Å². The van der Waals surface area contributed by atoms with Crippen molar-refractivity contribution in [1.82, 2.24) is 0 Å². The maximum Gasteiger partial charge on any atom is 0.0817 e. The second-order valence-electron chi connectivity index (χ2n) is 2.17. The maximum atomic E-state index is 9.18. The smallest absolute Gasteiger partial charge is 0.0817 e. The molecular weight excluding hydrogens is 264 g/mol. The molecule has 62 valence electrons. The predicted molar refractivity (Wildman–Crippen MR) is 48.6 cm³/mol. The standard InChI is InChI=1S/C6H12Br2O2/c1-2-4(9)5(10)3-6(7)8/h4-6,9-10H,2-3H2,1H3. The Morgan fingerprint density at radius 2 is 1.70 bits per heavy atom. The van der Waals surface area contributed by atoms with Crippen molar-refractivity contribution in [2.75, 3.05) is 0 Å². The molecule has 2 unspecified atom stereocenters. The Kier molecular flexibility index (Phi) is 6.01. The van der Waals surface area contributed by atoms with E-state index < -0.39 is 12.2 Å². The molecule has 0 fully saturated rings. The highest BCUT2D eigenvalue weighted by Crippen LogP contribution is 2.17. The average Bonchev–Trinajstić information content (AvgIpc) is 1.85. The van der Waals surface area contributed by atoms with Crippen LogP contribution in [0.1, 0.15) is 19.8 Å². The molecule has 0 aliphatic carbocycles. The van der Waals surface area contributed by atoms with Gasteiger partial charge < -0.3 is 10.2 Å². The molecule has 0 aromatic rings. The van der Waals surface area contributed by atoms with Gasteiger partial charge in [0, 0.05) is 0 Å². The molecule has 0 saturated carbocycles. The second-order valence-corrected chi connectivity index (χ2v) is 5.61. The Morgan fingerprint density at radius 1 is 1.20 bits per heavy atom. The van der Waals surface area contributed by atoms with Crippen molar-refractivity contribution in [2.24, 2.45) is 0 Å². The van der Waals surface area contributed by atoms with Crippen molar-refractivity contribution in [3.8, 4) is 0 Å². The Balaban J connectivity index is 3.50. The lowest BCUT2D eigenvalue weighted by atomic mass is 10.1. The molecule has 2 atom stereocenters. The molecule has 4 heteroatoms. The molecule has 10 heavy (non-hydrogen) atoms. The first-order valence-corrected chi connectivity index (χ1v) is 5.05. The third-order valence-electron chi connectivity index (χ3n) is 1.28. The molecule has 0 spiro atoms. The minimum absolute atomic E-state index is 0.0798. The van der Waals surface area contributed by atoms with Crippen molar-refractivity contribution in [3.05, 3.63) is 0 Å². The van der Waals surface area contributed by atoms with Crippen LogP contribution < -0.4 is 0 Å². The van der Waals surface area contributed by atoms with Gasteiger partial charge in [-0.1, -0.05) is 38.8 Å². The number of halogens is 2. The molecule has 0 aromatic heterocycles. The van der Waals surface area contributed by atoms with Crippen molar-refractivity contribution in [2.45, 2.75) is 35.7 Å². The van der Waals surface area contributed by atoms with E-state index in [-0.39, 0.29) is 3.74 Å². The van der Waals surface area contributed by atoms with Crippen LogP contribution in [0.4, 0.5) is 0 Å². The lowest BCUT2D eigenvalue weighted by molar-refractivity contribution is 0.0158. The molecule has 0 rings (SSSR count). The largest absolute Gasteiger partial charge is 0.390 e. The van der Waals surface area contributed by atoms with E-state index in [1.54, 1.807) is 0 Å². The highest BCUT2D eigenvalue weighted by Gasteiger charge is 2.16. The van der Waals surface area contributed by atoms with E-state index >= 15 is 0 Å². The number of aliphatic hydroxyl groups excluding tert-OH is 2. The first-order valence-electron chi connectivity index (χ1n) is 3.22. The number of alkyl halides is 2. The Hall–Kier alpha value is 0.880. The molecular formula is C6H12Br2O2. The normalized spacial score (nSPS) is 17.4. The summed E-state index contributed by atoms with van der Waals surface area (Å²) in [5.41, 5.74) is 0. The van der Waals surface area contributed by atoms with Gasteiger partial charge in [-0.2, -0.15) is 0 Å². The highest BCUT2D eigenvalue weighted by atomic mass is 79.9. The van der Waals surface area contributed by atoms with Gasteiger partial charge in [-0.3, -0.25) is 0 Å². The first-order chi connectivity index (χ1) is 4.57. The fourth-order valence-electron chi connectivity index (χ4n) is 0.612. The van der Waals surface area contributed by atoms with Crippen LogP contribution in [0, 0.1) is 0 Å². The van der Waals surface area contributed by atoms with E-state index in [0.717, 1.165) is 0 Å². The van der Waals surface area contributed by atoms with Gasteiger partial charge in [0.1, 0.15) is 0 Å². The van der Waals surface area contributed by atoms with Crippen molar-refractivity contribution in [3.63, 3.8) is 0 Å². The molecule has 0 bridgehead atoms. The summed E-state index contributed by atoms with van der Waals surface area (Å²) in [5, 5.41) is 18.3. The topological polar surface area (TPSA) is 40.5 Å². The van der Waals surface area contributed by atoms with E-state index in [1.807, 2.05) is 6.92 Å². The van der Waals surface area contributed by atoms with Gasteiger partial charge in [0.05, 0.1) is 15.9 Å². The average molecular weight is 276 g/mol. The van der Waals surface area contributed by atoms with Crippen molar-refractivity contribution in [1.29, 1.82) is 0 Å². The second kappa shape index (κ2) is 5.52. The molecule has 0 amide bonds. The number of aliphatic hydroxyl groups is 2. The first kappa shape index (κ1) is 10.9. The number of rotatable bonds is 4. The fourth-order valence-corrected chi connectivity index (χ4v) is 1.38. The summed E-state index contributed by atoms with van der Waals surface area (Å²) in [4.78, 5) is 0. The molecule has 0 aliphatic heterocycles. The van der Waals surface area contributed by atoms with Crippen LogP contribution >= 0.6 is 31.9 Å². The summed E-state index contributed by atoms with van der Waals surface area (Å²) < 4.78 is 0.0798. The molecule has 0 heterocycles. The summed E-state index contributed by atoms with van der Waals surface area (Å²) in [6.45, 7) is 1.84. The van der Waals surface area contributed by atoms with Crippen molar-refractivity contribution >= 4 is 31.9 Å². The Bertz CT molecular complexity index is 87.8.